The monoisotopic (exact) mass is 277 g/mol. The summed E-state index contributed by atoms with van der Waals surface area (Å²) in [4.78, 5) is 16.3. The van der Waals surface area contributed by atoms with E-state index in [2.05, 4.69) is 10.3 Å². The number of fused-ring (bicyclic) bond motifs is 1. The average Bonchev–Trinajstić information content (AvgIpc) is 2.68. The summed E-state index contributed by atoms with van der Waals surface area (Å²) in [5.74, 6) is 0.263. The molecule has 2 aromatic rings. The van der Waals surface area contributed by atoms with Gasteiger partial charge in [0.2, 0.25) is 5.91 Å². The summed E-state index contributed by atoms with van der Waals surface area (Å²) in [5.41, 5.74) is 7.67. The van der Waals surface area contributed by atoms with Gasteiger partial charge in [0, 0.05) is 18.2 Å². The van der Waals surface area contributed by atoms with E-state index >= 15 is 0 Å². The van der Waals surface area contributed by atoms with Crippen LogP contribution in [0.2, 0.25) is 0 Å². The minimum absolute atomic E-state index is 0.0400. The van der Waals surface area contributed by atoms with Crippen LogP contribution in [0.25, 0.3) is 10.2 Å². The minimum Gasteiger partial charge on any atom is -0.327 e. The van der Waals surface area contributed by atoms with Crippen LogP contribution in [-0.2, 0) is 4.79 Å². The van der Waals surface area contributed by atoms with Crippen molar-refractivity contribution >= 4 is 33.1 Å². The highest BCUT2D eigenvalue weighted by molar-refractivity contribution is 7.18. The van der Waals surface area contributed by atoms with Gasteiger partial charge >= 0.3 is 0 Å². The fraction of sp³-hybridized carbons (Fsp3) is 0.429. The molecule has 3 N–H and O–H groups in total. The molecule has 1 aromatic carbocycles. The van der Waals surface area contributed by atoms with Crippen LogP contribution in [0.5, 0.6) is 0 Å². The smallest absolute Gasteiger partial charge is 0.225 e. The normalized spacial score (nSPS) is 12.9. The van der Waals surface area contributed by atoms with Crippen LogP contribution < -0.4 is 11.1 Å². The van der Waals surface area contributed by atoms with Crippen molar-refractivity contribution in [1.29, 1.82) is 0 Å². The number of rotatable bonds is 4. The Kier molecular flexibility index (Phi) is 4.17. The third-order valence-corrected chi connectivity index (χ3v) is 3.99. The Labute approximate surface area is 117 Å². The number of hydrogen-bond acceptors (Lipinski definition) is 4. The van der Waals surface area contributed by atoms with Crippen LogP contribution >= 0.6 is 11.3 Å². The van der Waals surface area contributed by atoms with E-state index in [-0.39, 0.29) is 11.9 Å². The molecule has 1 atom stereocenters. The van der Waals surface area contributed by atoms with E-state index in [9.17, 15) is 4.79 Å². The fourth-order valence-corrected chi connectivity index (χ4v) is 2.65. The molecule has 2 rings (SSSR count). The lowest BCUT2D eigenvalue weighted by atomic mass is 10.0. The predicted octanol–water partition coefficient (Wildman–Crippen LogP) is 2.92. The number of aromatic nitrogens is 1. The summed E-state index contributed by atoms with van der Waals surface area (Å²) in [6.07, 6.45) is 0.345. The first-order chi connectivity index (χ1) is 8.95. The van der Waals surface area contributed by atoms with Gasteiger partial charge in [0.15, 0.2) is 0 Å². The van der Waals surface area contributed by atoms with Crippen LogP contribution in [0.4, 0.5) is 5.69 Å². The lowest BCUT2D eigenvalue weighted by Gasteiger charge is -2.14. The number of aryl methyl sites for hydroxylation is 1. The molecule has 1 amide bonds. The standard InChI is InChI=1S/C14H19N3OS/c1-8(2)11(15)7-14(18)17-10-4-5-12-13(6-10)19-9(3)16-12/h4-6,8,11H,7,15H2,1-3H3,(H,17,18). The van der Waals surface area contributed by atoms with Crippen LogP contribution in [0.15, 0.2) is 18.2 Å². The maximum absolute atomic E-state index is 11.9. The highest BCUT2D eigenvalue weighted by Crippen LogP contribution is 2.24. The summed E-state index contributed by atoms with van der Waals surface area (Å²) in [5, 5.41) is 3.92. The third kappa shape index (κ3) is 3.52. The first-order valence-corrected chi connectivity index (χ1v) is 7.20. The summed E-state index contributed by atoms with van der Waals surface area (Å²) in [6, 6.07) is 5.66. The van der Waals surface area contributed by atoms with Crippen LogP contribution in [0.3, 0.4) is 0 Å². The molecule has 0 aliphatic heterocycles. The number of carbonyl (C=O) groups excluding carboxylic acids is 1. The highest BCUT2D eigenvalue weighted by Gasteiger charge is 2.13. The van der Waals surface area contributed by atoms with E-state index in [4.69, 9.17) is 5.73 Å². The molecule has 0 saturated carbocycles. The molecule has 19 heavy (non-hydrogen) atoms. The number of amides is 1. The Hall–Kier alpha value is -1.46. The lowest BCUT2D eigenvalue weighted by molar-refractivity contribution is -0.116. The quantitative estimate of drug-likeness (QED) is 0.903. The van der Waals surface area contributed by atoms with Crippen LogP contribution in [0.1, 0.15) is 25.3 Å². The zero-order valence-corrected chi connectivity index (χ0v) is 12.3. The second-order valence-corrected chi connectivity index (χ2v) is 6.31. The van der Waals surface area contributed by atoms with Gasteiger partial charge in [0.05, 0.1) is 15.2 Å². The van der Waals surface area contributed by atoms with E-state index in [1.54, 1.807) is 11.3 Å². The molecule has 1 heterocycles. The number of benzene rings is 1. The van der Waals surface area contributed by atoms with Gasteiger partial charge < -0.3 is 11.1 Å². The average molecular weight is 277 g/mol. The fourth-order valence-electron chi connectivity index (χ4n) is 1.78. The van der Waals surface area contributed by atoms with E-state index in [1.807, 2.05) is 39.0 Å². The zero-order valence-electron chi connectivity index (χ0n) is 11.4. The number of carbonyl (C=O) groups is 1. The molecule has 5 heteroatoms. The summed E-state index contributed by atoms with van der Waals surface area (Å²) in [7, 11) is 0. The van der Waals surface area contributed by atoms with E-state index in [0.717, 1.165) is 20.9 Å². The molecular formula is C14H19N3OS. The first-order valence-electron chi connectivity index (χ1n) is 6.38. The van der Waals surface area contributed by atoms with Crippen molar-refractivity contribution in [2.75, 3.05) is 5.32 Å². The number of hydrogen-bond donors (Lipinski definition) is 2. The Morgan fingerprint density at radius 2 is 2.21 bits per heavy atom. The lowest BCUT2D eigenvalue weighted by Crippen LogP contribution is -2.31. The van der Waals surface area contributed by atoms with Gasteiger partial charge in [-0.05, 0) is 31.0 Å². The predicted molar refractivity (Wildman–Crippen MR) is 80.4 cm³/mol. The van der Waals surface area contributed by atoms with Gasteiger partial charge in [0.1, 0.15) is 0 Å². The second-order valence-electron chi connectivity index (χ2n) is 5.08. The van der Waals surface area contributed by atoms with Crippen molar-refractivity contribution in [2.24, 2.45) is 11.7 Å². The van der Waals surface area contributed by atoms with Crippen molar-refractivity contribution in [2.45, 2.75) is 33.2 Å². The topological polar surface area (TPSA) is 68.0 Å². The third-order valence-electron chi connectivity index (χ3n) is 3.06. The number of thiazole rings is 1. The van der Waals surface area contributed by atoms with Crippen molar-refractivity contribution in [1.82, 2.24) is 4.98 Å². The highest BCUT2D eigenvalue weighted by atomic mass is 32.1. The molecule has 0 radical (unpaired) electrons. The molecule has 0 spiro atoms. The first kappa shape index (κ1) is 14.0. The SMILES string of the molecule is Cc1nc2ccc(NC(=O)CC(N)C(C)C)cc2s1. The van der Waals surface area contributed by atoms with E-state index in [1.165, 1.54) is 0 Å². The largest absolute Gasteiger partial charge is 0.327 e. The van der Waals surface area contributed by atoms with Crippen LogP contribution in [0, 0.1) is 12.8 Å². The minimum atomic E-state index is -0.102. The number of nitrogens with two attached hydrogens (primary N) is 1. The van der Waals surface area contributed by atoms with Crippen molar-refractivity contribution in [3.05, 3.63) is 23.2 Å². The maximum Gasteiger partial charge on any atom is 0.225 e. The van der Waals surface area contributed by atoms with Crippen molar-refractivity contribution in [3.63, 3.8) is 0 Å². The molecule has 0 aliphatic carbocycles. The summed E-state index contributed by atoms with van der Waals surface area (Å²) < 4.78 is 1.09. The van der Waals surface area contributed by atoms with E-state index < -0.39 is 0 Å². The van der Waals surface area contributed by atoms with Gasteiger partial charge in [0.25, 0.3) is 0 Å². The van der Waals surface area contributed by atoms with Gasteiger partial charge in [-0.15, -0.1) is 11.3 Å². The second kappa shape index (κ2) is 5.67. The zero-order chi connectivity index (χ0) is 14.0. The van der Waals surface area contributed by atoms with Crippen molar-refractivity contribution < 1.29 is 4.79 Å². The molecule has 1 aromatic heterocycles. The Bertz CT molecular complexity index is 591. The summed E-state index contributed by atoms with van der Waals surface area (Å²) >= 11 is 1.63. The Morgan fingerprint density at radius 1 is 1.47 bits per heavy atom. The number of anilines is 1. The number of nitrogens with one attached hydrogen (secondary N) is 1. The van der Waals surface area contributed by atoms with Crippen molar-refractivity contribution in [3.8, 4) is 0 Å². The molecule has 0 aliphatic rings. The van der Waals surface area contributed by atoms with Gasteiger partial charge in [-0.25, -0.2) is 4.98 Å². The molecule has 0 saturated heterocycles. The van der Waals surface area contributed by atoms with Gasteiger partial charge in [-0.1, -0.05) is 13.8 Å². The summed E-state index contributed by atoms with van der Waals surface area (Å²) in [6.45, 7) is 6.01. The molecule has 4 nitrogen and oxygen atoms in total. The Morgan fingerprint density at radius 3 is 2.89 bits per heavy atom. The Balaban J connectivity index is 2.06. The molecule has 0 fully saturated rings. The van der Waals surface area contributed by atoms with Crippen LogP contribution in [-0.4, -0.2) is 16.9 Å². The van der Waals surface area contributed by atoms with E-state index in [0.29, 0.717) is 12.3 Å². The van der Waals surface area contributed by atoms with Gasteiger partial charge in [-0.2, -0.15) is 0 Å². The molecule has 102 valence electrons. The molecule has 0 bridgehead atoms. The van der Waals surface area contributed by atoms with Gasteiger partial charge in [-0.3, -0.25) is 4.79 Å². The molecule has 1 unspecified atom stereocenters. The number of nitrogens with zero attached hydrogens (tertiary/aromatic N) is 1. The maximum atomic E-state index is 11.9. The molecular weight excluding hydrogens is 258 g/mol.